The molecule has 0 aromatic heterocycles. The third-order valence-electron chi connectivity index (χ3n) is 14.0. The van der Waals surface area contributed by atoms with Crippen molar-refractivity contribution in [1.82, 2.24) is 0 Å². The molecule has 0 spiro atoms. The Hall–Kier alpha value is -2.92. The van der Waals surface area contributed by atoms with Crippen LogP contribution in [0.2, 0.25) is 0 Å². The van der Waals surface area contributed by atoms with Crippen molar-refractivity contribution in [1.29, 1.82) is 0 Å². The van der Waals surface area contributed by atoms with Gasteiger partial charge in [0.05, 0.1) is 6.61 Å². The Morgan fingerprint density at radius 2 is 0.589 bits per heavy atom. The summed E-state index contributed by atoms with van der Waals surface area (Å²) >= 11 is 0. The smallest absolute Gasteiger partial charge is 0.306 e. The number of aliphatic hydroxyl groups excluding tert-OH is 1. The molecule has 73 heavy (non-hydrogen) atoms. The second-order valence-corrected chi connectivity index (χ2v) is 21.1. The Morgan fingerprint density at radius 3 is 0.890 bits per heavy atom. The molecule has 0 rings (SSSR count). The number of carbonyl (C=O) groups excluding carboxylic acids is 2. The summed E-state index contributed by atoms with van der Waals surface area (Å²) in [5.41, 5.74) is 0. The minimum atomic E-state index is -0.779. The SMILES string of the molecule is CC/C=C\C/C=C\C/C=C\C/C=C\C/C=C\C/C=C\C/C=C\CCCCCCCCCCCC(=O)OC(CO)COC(=O)CCCCCCCCCCCCCCCCCCCCCCCCCCCCCC. The zero-order chi connectivity index (χ0) is 52.7. The van der Waals surface area contributed by atoms with Gasteiger partial charge in [-0.1, -0.05) is 317 Å². The molecule has 422 valence electrons. The molecule has 1 N–H and O–H groups in total. The van der Waals surface area contributed by atoms with E-state index in [0.29, 0.717) is 12.8 Å². The van der Waals surface area contributed by atoms with Gasteiger partial charge < -0.3 is 14.6 Å². The molecule has 0 heterocycles. The molecule has 0 aliphatic rings. The van der Waals surface area contributed by atoms with Crippen molar-refractivity contribution in [2.45, 2.75) is 322 Å². The predicted molar refractivity (Wildman–Crippen MR) is 320 cm³/mol. The van der Waals surface area contributed by atoms with Crippen molar-refractivity contribution in [2.75, 3.05) is 13.2 Å². The maximum Gasteiger partial charge on any atom is 0.306 e. The van der Waals surface area contributed by atoms with Crippen molar-refractivity contribution in [2.24, 2.45) is 0 Å². The van der Waals surface area contributed by atoms with Crippen molar-refractivity contribution < 1.29 is 24.2 Å². The lowest BCUT2D eigenvalue weighted by Gasteiger charge is -2.15. The van der Waals surface area contributed by atoms with Gasteiger partial charge >= 0.3 is 11.9 Å². The van der Waals surface area contributed by atoms with Gasteiger partial charge in [0.25, 0.3) is 0 Å². The number of carbonyl (C=O) groups is 2. The summed E-state index contributed by atoms with van der Waals surface area (Å²) in [4.78, 5) is 24.6. The fourth-order valence-corrected chi connectivity index (χ4v) is 9.25. The Morgan fingerprint density at radius 1 is 0.329 bits per heavy atom. The van der Waals surface area contributed by atoms with Gasteiger partial charge in [-0.3, -0.25) is 9.59 Å². The monoisotopic (exact) mass is 1020 g/mol. The highest BCUT2D eigenvalue weighted by atomic mass is 16.6. The molecule has 0 aromatic carbocycles. The molecule has 0 aliphatic heterocycles. The molecular formula is C68H120O5. The molecule has 0 aliphatic carbocycles. The molecule has 0 fully saturated rings. The van der Waals surface area contributed by atoms with Crippen LogP contribution in [0.1, 0.15) is 316 Å². The summed E-state index contributed by atoms with van der Waals surface area (Å²) in [7, 11) is 0. The molecule has 0 aromatic rings. The van der Waals surface area contributed by atoms with E-state index in [1.165, 1.54) is 199 Å². The van der Waals surface area contributed by atoms with E-state index >= 15 is 0 Å². The van der Waals surface area contributed by atoms with Gasteiger partial charge in [0.2, 0.25) is 0 Å². The lowest BCUT2D eigenvalue weighted by molar-refractivity contribution is -0.161. The van der Waals surface area contributed by atoms with Crippen LogP contribution in [-0.2, 0) is 19.1 Å². The Balaban J connectivity index is 3.49. The van der Waals surface area contributed by atoms with E-state index in [0.717, 1.165) is 89.9 Å². The van der Waals surface area contributed by atoms with E-state index in [1.807, 2.05) is 0 Å². The summed E-state index contributed by atoms with van der Waals surface area (Å²) in [6, 6.07) is 0. The quantitative estimate of drug-likeness (QED) is 0.0373. The highest BCUT2D eigenvalue weighted by molar-refractivity contribution is 5.70. The van der Waals surface area contributed by atoms with E-state index in [-0.39, 0.29) is 25.2 Å². The zero-order valence-corrected chi connectivity index (χ0v) is 48.4. The first-order valence-electron chi connectivity index (χ1n) is 31.6. The predicted octanol–water partition coefficient (Wildman–Crippen LogP) is 21.7. The Kier molecular flexibility index (Phi) is 60.8. The summed E-state index contributed by atoms with van der Waals surface area (Å²) in [6.45, 7) is 4.06. The number of hydrogen-bond acceptors (Lipinski definition) is 5. The number of esters is 2. The molecule has 1 atom stereocenters. The number of hydrogen-bond donors (Lipinski definition) is 1. The summed E-state index contributed by atoms with van der Waals surface area (Å²) < 4.78 is 10.7. The van der Waals surface area contributed by atoms with Crippen LogP contribution >= 0.6 is 0 Å². The summed E-state index contributed by atoms with van der Waals surface area (Å²) in [5, 5.41) is 9.68. The average Bonchev–Trinajstić information content (AvgIpc) is 3.39. The fraction of sp³-hybridized carbons (Fsp3) is 0.765. The third-order valence-corrected chi connectivity index (χ3v) is 14.0. The molecule has 1 unspecified atom stereocenters. The average molecular weight is 1020 g/mol. The molecule has 0 saturated heterocycles. The largest absolute Gasteiger partial charge is 0.462 e. The van der Waals surface area contributed by atoms with Gasteiger partial charge in [-0.25, -0.2) is 0 Å². The van der Waals surface area contributed by atoms with Crippen LogP contribution in [0.4, 0.5) is 0 Å². The Labute approximate surface area is 454 Å². The first-order valence-corrected chi connectivity index (χ1v) is 31.6. The van der Waals surface area contributed by atoms with Gasteiger partial charge in [-0.05, 0) is 70.6 Å². The fourth-order valence-electron chi connectivity index (χ4n) is 9.25. The van der Waals surface area contributed by atoms with Crippen molar-refractivity contribution in [3.05, 3.63) is 85.1 Å². The Bertz CT molecular complexity index is 1340. The van der Waals surface area contributed by atoms with Crippen LogP contribution in [-0.4, -0.2) is 36.4 Å². The van der Waals surface area contributed by atoms with Gasteiger partial charge in [-0.2, -0.15) is 0 Å². The zero-order valence-electron chi connectivity index (χ0n) is 48.4. The van der Waals surface area contributed by atoms with E-state index in [4.69, 9.17) is 9.47 Å². The van der Waals surface area contributed by atoms with Gasteiger partial charge in [-0.15, -0.1) is 0 Å². The molecular weight excluding hydrogens is 897 g/mol. The minimum Gasteiger partial charge on any atom is -0.462 e. The number of unbranched alkanes of at least 4 members (excludes halogenated alkanes) is 36. The van der Waals surface area contributed by atoms with Gasteiger partial charge in [0, 0.05) is 12.8 Å². The van der Waals surface area contributed by atoms with Crippen molar-refractivity contribution in [3.63, 3.8) is 0 Å². The molecule has 0 bridgehead atoms. The van der Waals surface area contributed by atoms with Crippen LogP contribution in [0, 0.1) is 0 Å². The maximum atomic E-state index is 12.3. The van der Waals surface area contributed by atoms with Crippen molar-refractivity contribution >= 4 is 11.9 Å². The van der Waals surface area contributed by atoms with E-state index < -0.39 is 6.10 Å². The molecule has 5 heteroatoms. The number of aliphatic hydroxyl groups is 1. The normalized spacial score (nSPS) is 12.8. The van der Waals surface area contributed by atoms with Gasteiger partial charge in [0.1, 0.15) is 6.61 Å². The number of ether oxygens (including phenoxy) is 2. The standard InChI is InChI=1S/C68H120O5/c1-3-5-7-9-11-13-15-17-19-21-23-25-27-29-31-33-34-35-37-39-41-43-45-47-49-51-53-55-57-59-61-63-68(71)73-66(64-69)65-72-67(70)62-60-58-56-54-52-50-48-46-44-42-40-38-36-32-30-28-26-24-22-20-18-16-14-12-10-8-6-4-2/h5,7,11,13,17,19,23,25,29,31,34-35,39,41,66,69H,3-4,6,8-10,12,14-16,18,20-22,24,26-28,30,32-33,36-38,40,42-65H2,1-2H3/b7-5-,13-11-,19-17-,25-23-,31-29-,35-34-,41-39-. The van der Waals surface area contributed by atoms with Gasteiger partial charge in [0.15, 0.2) is 6.10 Å². The van der Waals surface area contributed by atoms with Crippen LogP contribution < -0.4 is 0 Å². The van der Waals surface area contributed by atoms with Crippen LogP contribution in [0.15, 0.2) is 85.1 Å². The first-order chi connectivity index (χ1) is 36.1. The first kappa shape index (κ1) is 70.1. The number of allylic oxidation sites excluding steroid dienone is 14. The summed E-state index contributed by atoms with van der Waals surface area (Å²) in [6.07, 6.45) is 88.7. The van der Waals surface area contributed by atoms with Crippen LogP contribution in [0.25, 0.3) is 0 Å². The second kappa shape index (κ2) is 63.4. The molecule has 0 radical (unpaired) electrons. The number of rotatable bonds is 58. The molecule has 0 saturated carbocycles. The van der Waals surface area contributed by atoms with Crippen molar-refractivity contribution in [3.8, 4) is 0 Å². The molecule has 0 amide bonds. The lowest BCUT2D eigenvalue weighted by Crippen LogP contribution is -2.28. The molecule has 5 nitrogen and oxygen atoms in total. The maximum absolute atomic E-state index is 12.3. The van der Waals surface area contributed by atoms with E-state index in [9.17, 15) is 14.7 Å². The van der Waals surface area contributed by atoms with E-state index in [2.05, 4.69) is 98.9 Å². The highest BCUT2D eigenvalue weighted by Crippen LogP contribution is 2.18. The minimum absolute atomic E-state index is 0.0682. The van der Waals surface area contributed by atoms with E-state index in [1.54, 1.807) is 0 Å². The third kappa shape index (κ3) is 61.5. The topological polar surface area (TPSA) is 72.8 Å². The highest BCUT2D eigenvalue weighted by Gasteiger charge is 2.16. The second-order valence-electron chi connectivity index (χ2n) is 21.1. The van der Waals surface area contributed by atoms with Crippen LogP contribution in [0.3, 0.4) is 0 Å². The lowest BCUT2D eigenvalue weighted by atomic mass is 10.0. The van der Waals surface area contributed by atoms with Crippen LogP contribution in [0.5, 0.6) is 0 Å². The summed E-state index contributed by atoms with van der Waals surface area (Å²) in [5.74, 6) is -0.587.